The summed E-state index contributed by atoms with van der Waals surface area (Å²) < 4.78 is 0. The Hall–Kier alpha value is -1.68. The van der Waals surface area contributed by atoms with Gasteiger partial charge in [0.05, 0.1) is 0 Å². The Bertz CT molecular complexity index is 613. The van der Waals surface area contributed by atoms with Crippen LogP contribution in [0.15, 0.2) is 36.0 Å². The van der Waals surface area contributed by atoms with Crippen LogP contribution in [0, 0.1) is 11.3 Å². The molecule has 2 N–H and O–H groups in total. The molecule has 1 aromatic heterocycles. The standard InChI is InChI=1S/C20H29N3O/c1-4-14-8-9-15-13-16(10-11-20(15,2)18(14)21-3)23-19(24)17-7-5-6-12-22-17/h5-7,9,12,14,16,18,21H,4,8,10-11,13H2,1-3H3,(H,23,24)/t14?,16-,18?,20-/m0/s1. The molecule has 24 heavy (non-hydrogen) atoms. The lowest BCUT2D eigenvalue weighted by atomic mass is 9.59. The molecule has 2 aliphatic carbocycles. The fraction of sp³-hybridized carbons (Fsp3) is 0.600. The van der Waals surface area contributed by atoms with Crippen molar-refractivity contribution >= 4 is 5.91 Å². The maximum atomic E-state index is 12.4. The highest BCUT2D eigenvalue weighted by atomic mass is 16.1. The zero-order chi connectivity index (χ0) is 17.2. The number of hydrogen-bond acceptors (Lipinski definition) is 3. The van der Waals surface area contributed by atoms with Gasteiger partial charge in [0.1, 0.15) is 5.69 Å². The number of nitrogens with one attached hydrogen (secondary N) is 2. The van der Waals surface area contributed by atoms with E-state index in [0.29, 0.717) is 17.7 Å². The molecule has 4 nitrogen and oxygen atoms in total. The lowest BCUT2D eigenvalue weighted by Gasteiger charge is -2.50. The monoisotopic (exact) mass is 327 g/mol. The normalized spacial score (nSPS) is 32.6. The van der Waals surface area contributed by atoms with E-state index in [4.69, 9.17) is 0 Å². The molecule has 0 radical (unpaired) electrons. The summed E-state index contributed by atoms with van der Waals surface area (Å²) in [6, 6.07) is 6.21. The molecule has 0 bridgehead atoms. The lowest BCUT2D eigenvalue weighted by molar-refractivity contribution is 0.0893. The number of hydrogen-bond donors (Lipinski definition) is 2. The van der Waals surface area contributed by atoms with Crippen LogP contribution in [-0.2, 0) is 0 Å². The molecule has 1 fully saturated rings. The average molecular weight is 327 g/mol. The number of amides is 1. The molecule has 1 heterocycles. The Morgan fingerprint density at radius 3 is 2.92 bits per heavy atom. The summed E-state index contributed by atoms with van der Waals surface area (Å²) in [7, 11) is 2.09. The summed E-state index contributed by atoms with van der Waals surface area (Å²) in [6.07, 6.45) is 9.58. The van der Waals surface area contributed by atoms with Gasteiger partial charge in [0.15, 0.2) is 0 Å². The van der Waals surface area contributed by atoms with Crippen LogP contribution < -0.4 is 10.6 Å². The van der Waals surface area contributed by atoms with Crippen LogP contribution in [0.4, 0.5) is 0 Å². The van der Waals surface area contributed by atoms with E-state index in [1.807, 2.05) is 12.1 Å². The summed E-state index contributed by atoms with van der Waals surface area (Å²) in [4.78, 5) is 16.5. The molecule has 4 heteroatoms. The second kappa shape index (κ2) is 7.06. The van der Waals surface area contributed by atoms with Gasteiger partial charge in [-0.15, -0.1) is 0 Å². The molecule has 2 unspecified atom stereocenters. The van der Waals surface area contributed by atoms with E-state index in [1.54, 1.807) is 12.3 Å². The summed E-state index contributed by atoms with van der Waals surface area (Å²) in [6.45, 7) is 4.69. The first kappa shape index (κ1) is 17.2. The lowest BCUT2D eigenvalue weighted by Crippen LogP contribution is -2.53. The number of carbonyl (C=O) groups excluding carboxylic acids is 1. The van der Waals surface area contributed by atoms with Crippen molar-refractivity contribution < 1.29 is 4.79 Å². The minimum absolute atomic E-state index is 0.0581. The largest absolute Gasteiger partial charge is 0.348 e. The van der Waals surface area contributed by atoms with Crippen molar-refractivity contribution in [3.05, 3.63) is 41.7 Å². The molecule has 1 saturated carbocycles. The highest BCUT2D eigenvalue weighted by molar-refractivity contribution is 5.92. The summed E-state index contributed by atoms with van der Waals surface area (Å²) >= 11 is 0. The van der Waals surface area contributed by atoms with Gasteiger partial charge >= 0.3 is 0 Å². The molecule has 0 saturated heterocycles. The highest BCUT2D eigenvalue weighted by Gasteiger charge is 2.45. The van der Waals surface area contributed by atoms with Crippen molar-refractivity contribution in [2.45, 2.75) is 58.0 Å². The predicted octanol–water partition coefficient (Wildman–Crippen LogP) is 3.31. The zero-order valence-corrected chi connectivity index (χ0v) is 15.0. The van der Waals surface area contributed by atoms with Gasteiger partial charge in [0.25, 0.3) is 5.91 Å². The topological polar surface area (TPSA) is 54.0 Å². The number of pyridine rings is 1. The fourth-order valence-corrected chi connectivity index (χ4v) is 4.69. The first-order valence-electron chi connectivity index (χ1n) is 9.17. The molecule has 1 aromatic rings. The van der Waals surface area contributed by atoms with Gasteiger partial charge in [0, 0.05) is 23.7 Å². The second-order valence-electron chi connectivity index (χ2n) is 7.45. The zero-order valence-electron chi connectivity index (χ0n) is 15.0. The van der Waals surface area contributed by atoms with Crippen molar-refractivity contribution in [2.75, 3.05) is 7.05 Å². The first-order chi connectivity index (χ1) is 11.6. The van der Waals surface area contributed by atoms with Crippen LogP contribution in [-0.4, -0.2) is 30.0 Å². The molecule has 0 aromatic carbocycles. The maximum absolute atomic E-state index is 12.4. The SMILES string of the molecule is CCC1CC=C2C[C@@H](NC(=O)c3ccccn3)CC[C@]2(C)C1NC. The summed E-state index contributed by atoms with van der Waals surface area (Å²) in [5.41, 5.74) is 2.24. The Morgan fingerprint density at radius 2 is 2.25 bits per heavy atom. The number of rotatable bonds is 4. The van der Waals surface area contributed by atoms with Crippen molar-refractivity contribution in [1.82, 2.24) is 15.6 Å². The Balaban J connectivity index is 1.70. The Kier molecular flexibility index (Phi) is 5.04. The van der Waals surface area contributed by atoms with Gasteiger partial charge in [-0.3, -0.25) is 9.78 Å². The van der Waals surface area contributed by atoms with Crippen LogP contribution in [0.2, 0.25) is 0 Å². The number of aromatic nitrogens is 1. The van der Waals surface area contributed by atoms with Gasteiger partial charge < -0.3 is 10.6 Å². The first-order valence-corrected chi connectivity index (χ1v) is 9.17. The van der Waals surface area contributed by atoms with Crippen molar-refractivity contribution in [3.8, 4) is 0 Å². The summed E-state index contributed by atoms with van der Waals surface area (Å²) in [5.74, 6) is 0.653. The van der Waals surface area contributed by atoms with Gasteiger partial charge in [-0.2, -0.15) is 0 Å². The Labute approximate surface area is 145 Å². The van der Waals surface area contributed by atoms with E-state index in [1.165, 1.54) is 12.0 Å². The molecular weight excluding hydrogens is 298 g/mol. The molecule has 4 atom stereocenters. The average Bonchev–Trinajstić information content (AvgIpc) is 2.61. The Morgan fingerprint density at radius 1 is 1.42 bits per heavy atom. The third kappa shape index (κ3) is 3.12. The van der Waals surface area contributed by atoms with E-state index in [2.05, 4.69) is 42.6 Å². The summed E-state index contributed by atoms with van der Waals surface area (Å²) in [5, 5.41) is 6.77. The quantitative estimate of drug-likeness (QED) is 0.834. The third-order valence-corrected chi connectivity index (χ3v) is 6.10. The smallest absolute Gasteiger partial charge is 0.270 e. The van der Waals surface area contributed by atoms with Gasteiger partial charge in [-0.25, -0.2) is 0 Å². The van der Waals surface area contributed by atoms with Gasteiger partial charge in [0.2, 0.25) is 0 Å². The molecule has 0 aliphatic heterocycles. The van der Waals surface area contributed by atoms with E-state index in [0.717, 1.165) is 25.7 Å². The minimum atomic E-state index is -0.0581. The van der Waals surface area contributed by atoms with Crippen LogP contribution in [0.25, 0.3) is 0 Å². The molecule has 1 amide bonds. The molecule has 3 rings (SSSR count). The number of nitrogens with zero attached hydrogens (tertiary/aromatic N) is 1. The van der Waals surface area contributed by atoms with E-state index < -0.39 is 0 Å². The second-order valence-corrected chi connectivity index (χ2v) is 7.45. The van der Waals surface area contributed by atoms with Crippen molar-refractivity contribution in [2.24, 2.45) is 11.3 Å². The molecule has 2 aliphatic rings. The molecule has 0 spiro atoms. The van der Waals surface area contributed by atoms with Crippen LogP contribution in [0.5, 0.6) is 0 Å². The fourth-order valence-electron chi connectivity index (χ4n) is 4.69. The van der Waals surface area contributed by atoms with Crippen LogP contribution in [0.1, 0.15) is 56.4 Å². The highest BCUT2D eigenvalue weighted by Crippen LogP contribution is 2.49. The maximum Gasteiger partial charge on any atom is 0.270 e. The van der Waals surface area contributed by atoms with Gasteiger partial charge in [-0.05, 0) is 50.8 Å². The molecular formula is C20H29N3O. The van der Waals surface area contributed by atoms with E-state index >= 15 is 0 Å². The number of fused-ring (bicyclic) bond motifs is 1. The minimum Gasteiger partial charge on any atom is -0.348 e. The van der Waals surface area contributed by atoms with Crippen molar-refractivity contribution in [1.29, 1.82) is 0 Å². The number of carbonyl (C=O) groups is 1. The molecule has 130 valence electrons. The van der Waals surface area contributed by atoms with Crippen LogP contribution >= 0.6 is 0 Å². The predicted molar refractivity (Wildman–Crippen MR) is 96.8 cm³/mol. The van der Waals surface area contributed by atoms with E-state index in [9.17, 15) is 4.79 Å². The number of allylic oxidation sites excluding steroid dienone is 1. The third-order valence-electron chi connectivity index (χ3n) is 6.10. The van der Waals surface area contributed by atoms with Crippen LogP contribution in [0.3, 0.4) is 0 Å². The van der Waals surface area contributed by atoms with Gasteiger partial charge in [-0.1, -0.05) is 38.0 Å². The van der Waals surface area contributed by atoms with Crippen molar-refractivity contribution in [3.63, 3.8) is 0 Å². The van der Waals surface area contributed by atoms with E-state index in [-0.39, 0.29) is 17.4 Å².